The summed E-state index contributed by atoms with van der Waals surface area (Å²) in [4.78, 5) is 4.67. The molecule has 0 aliphatic heterocycles. The van der Waals surface area contributed by atoms with E-state index in [4.69, 9.17) is 5.73 Å². The number of pyridine rings is 1. The summed E-state index contributed by atoms with van der Waals surface area (Å²) in [5.41, 5.74) is 10.4. The summed E-state index contributed by atoms with van der Waals surface area (Å²) < 4.78 is 2.19. The number of rotatable bonds is 4. The van der Waals surface area contributed by atoms with E-state index in [0.29, 0.717) is 6.54 Å². The summed E-state index contributed by atoms with van der Waals surface area (Å²) in [6.45, 7) is 4.95. The number of hydrogen-bond donors (Lipinski definition) is 1. The Labute approximate surface area is 96.3 Å². The van der Waals surface area contributed by atoms with Crippen molar-refractivity contribution in [2.75, 3.05) is 0 Å². The van der Waals surface area contributed by atoms with E-state index in [1.54, 1.807) is 0 Å². The lowest BCUT2D eigenvalue weighted by Gasteiger charge is -2.02. The van der Waals surface area contributed by atoms with Crippen LogP contribution in [0.5, 0.6) is 0 Å². The summed E-state index contributed by atoms with van der Waals surface area (Å²) in [7, 11) is 0. The van der Waals surface area contributed by atoms with Gasteiger partial charge in [-0.3, -0.25) is 0 Å². The quantitative estimate of drug-likeness (QED) is 0.854. The number of aromatic nitrogens is 2. The number of nitrogens with two attached hydrogens (primary N) is 1. The van der Waals surface area contributed by atoms with E-state index in [0.717, 1.165) is 30.5 Å². The van der Waals surface area contributed by atoms with Gasteiger partial charge in [0.05, 0.1) is 5.69 Å². The molecule has 86 valence electrons. The average molecular weight is 217 g/mol. The first-order chi connectivity index (χ1) is 7.80. The Morgan fingerprint density at radius 1 is 1.31 bits per heavy atom. The van der Waals surface area contributed by atoms with E-state index in [2.05, 4.69) is 41.6 Å². The largest absolute Gasteiger partial charge is 0.326 e. The fourth-order valence-electron chi connectivity index (χ4n) is 2.12. The van der Waals surface area contributed by atoms with Gasteiger partial charge in [0.1, 0.15) is 5.65 Å². The van der Waals surface area contributed by atoms with Gasteiger partial charge in [0.15, 0.2) is 0 Å². The third kappa shape index (κ3) is 1.83. The van der Waals surface area contributed by atoms with E-state index < -0.39 is 0 Å². The van der Waals surface area contributed by atoms with Crippen molar-refractivity contribution in [1.82, 2.24) is 9.38 Å². The van der Waals surface area contributed by atoms with Crippen LogP contribution in [-0.4, -0.2) is 9.38 Å². The number of nitrogens with zero attached hydrogens (tertiary/aromatic N) is 2. The molecule has 0 aliphatic carbocycles. The van der Waals surface area contributed by atoms with Crippen molar-refractivity contribution in [3.8, 4) is 0 Å². The standard InChI is InChI=1S/C13H19N3/c1-3-5-11-12(4-2)16-9-10(8-14)6-7-13(16)15-11/h6-7,9H,3-5,8,14H2,1-2H3. The molecule has 0 saturated carbocycles. The lowest BCUT2D eigenvalue weighted by molar-refractivity contribution is 0.858. The van der Waals surface area contributed by atoms with Crippen LogP contribution in [0.2, 0.25) is 0 Å². The van der Waals surface area contributed by atoms with Crippen molar-refractivity contribution in [3.63, 3.8) is 0 Å². The molecule has 0 amide bonds. The van der Waals surface area contributed by atoms with Gasteiger partial charge in [-0.25, -0.2) is 4.98 Å². The molecule has 2 rings (SSSR count). The van der Waals surface area contributed by atoms with Gasteiger partial charge >= 0.3 is 0 Å². The molecule has 3 nitrogen and oxygen atoms in total. The van der Waals surface area contributed by atoms with E-state index in [9.17, 15) is 0 Å². The van der Waals surface area contributed by atoms with Crippen LogP contribution >= 0.6 is 0 Å². The van der Waals surface area contributed by atoms with Gasteiger partial charge in [-0.1, -0.05) is 26.3 Å². The molecule has 3 heteroatoms. The fraction of sp³-hybridized carbons (Fsp3) is 0.462. The molecule has 0 bridgehead atoms. The normalized spacial score (nSPS) is 11.2. The SMILES string of the molecule is CCCc1nc2ccc(CN)cn2c1CC. The Morgan fingerprint density at radius 2 is 2.12 bits per heavy atom. The average Bonchev–Trinajstić information content (AvgIpc) is 2.65. The summed E-state index contributed by atoms with van der Waals surface area (Å²) in [5, 5.41) is 0. The van der Waals surface area contributed by atoms with Gasteiger partial charge in [0.25, 0.3) is 0 Å². The maximum absolute atomic E-state index is 5.66. The maximum atomic E-state index is 5.66. The third-order valence-corrected chi connectivity index (χ3v) is 2.92. The fourth-order valence-corrected chi connectivity index (χ4v) is 2.12. The molecule has 2 aromatic heterocycles. The molecule has 0 aromatic carbocycles. The monoisotopic (exact) mass is 217 g/mol. The lowest BCUT2D eigenvalue weighted by Crippen LogP contribution is -2.00. The molecule has 2 aromatic rings. The zero-order chi connectivity index (χ0) is 11.5. The Kier molecular flexibility index (Phi) is 3.25. The van der Waals surface area contributed by atoms with Gasteiger partial charge in [-0.15, -0.1) is 0 Å². The Balaban J connectivity index is 2.58. The van der Waals surface area contributed by atoms with Crippen LogP contribution < -0.4 is 5.73 Å². The highest BCUT2D eigenvalue weighted by Crippen LogP contribution is 2.16. The molecule has 0 atom stereocenters. The predicted octanol–water partition coefficient (Wildman–Crippen LogP) is 2.31. The van der Waals surface area contributed by atoms with Gasteiger partial charge in [0, 0.05) is 18.4 Å². The summed E-state index contributed by atoms with van der Waals surface area (Å²) >= 11 is 0. The van der Waals surface area contributed by atoms with Crippen LogP contribution in [-0.2, 0) is 19.4 Å². The Morgan fingerprint density at radius 3 is 2.75 bits per heavy atom. The highest BCUT2D eigenvalue weighted by atomic mass is 15.0. The first-order valence-electron chi connectivity index (χ1n) is 5.99. The number of aryl methyl sites for hydroxylation is 2. The number of fused-ring (bicyclic) bond motifs is 1. The van der Waals surface area contributed by atoms with Crippen molar-refractivity contribution in [2.24, 2.45) is 5.73 Å². The minimum Gasteiger partial charge on any atom is -0.326 e. The van der Waals surface area contributed by atoms with Crippen molar-refractivity contribution >= 4 is 5.65 Å². The van der Waals surface area contributed by atoms with Gasteiger partial charge in [-0.2, -0.15) is 0 Å². The lowest BCUT2D eigenvalue weighted by atomic mass is 10.2. The first kappa shape index (κ1) is 11.1. The van der Waals surface area contributed by atoms with E-state index >= 15 is 0 Å². The van der Waals surface area contributed by atoms with Crippen LogP contribution in [0.15, 0.2) is 18.3 Å². The highest BCUT2D eigenvalue weighted by Gasteiger charge is 2.09. The highest BCUT2D eigenvalue weighted by molar-refractivity contribution is 5.44. The van der Waals surface area contributed by atoms with Gasteiger partial charge in [0.2, 0.25) is 0 Å². The zero-order valence-corrected chi connectivity index (χ0v) is 10.0. The second-order valence-corrected chi connectivity index (χ2v) is 4.08. The van der Waals surface area contributed by atoms with Crippen molar-refractivity contribution in [1.29, 1.82) is 0 Å². The molecule has 2 heterocycles. The van der Waals surface area contributed by atoms with E-state index in [1.165, 1.54) is 11.4 Å². The van der Waals surface area contributed by atoms with Crippen molar-refractivity contribution in [2.45, 2.75) is 39.7 Å². The van der Waals surface area contributed by atoms with E-state index in [-0.39, 0.29) is 0 Å². The van der Waals surface area contributed by atoms with Gasteiger partial charge < -0.3 is 10.1 Å². The topological polar surface area (TPSA) is 43.3 Å². The zero-order valence-electron chi connectivity index (χ0n) is 10.0. The summed E-state index contributed by atoms with van der Waals surface area (Å²) in [5.74, 6) is 0. The molecular weight excluding hydrogens is 198 g/mol. The first-order valence-corrected chi connectivity index (χ1v) is 5.99. The van der Waals surface area contributed by atoms with Crippen LogP contribution in [0, 0.1) is 0 Å². The minimum atomic E-state index is 0.584. The number of imidazole rings is 1. The molecule has 0 aliphatic rings. The van der Waals surface area contributed by atoms with Crippen LogP contribution in [0.3, 0.4) is 0 Å². The number of hydrogen-bond acceptors (Lipinski definition) is 2. The van der Waals surface area contributed by atoms with Crippen LogP contribution in [0.4, 0.5) is 0 Å². The van der Waals surface area contributed by atoms with Crippen molar-refractivity contribution in [3.05, 3.63) is 35.3 Å². The van der Waals surface area contributed by atoms with E-state index in [1.807, 2.05) is 0 Å². The van der Waals surface area contributed by atoms with Crippen molar-refractivity contribution < 1.29 is 0 Å². The molecular formula is C13H19N3. The van der Waals surface area contributed by atoms with Crippen LogP contribution in [0.1, 0.15) is 37.2 Å². The van der Waals surface area contributed by atoms with Crippen LogP contribution in [0.25, 0.3) is 5.65 Å². The maximum Gasteiger partial charge on any atom is 0.137 e. The minimum absolute atomic E-state index is 0.584. The molecule has 0 spiro atoms. The second-order valence-electron chi connectivity index (χ2n) is 4.08. The summed E-state index contributed by atoms with van der Waals surface area (Å²) in [6.07, 6.45) is 5.33. The Hall–Kier alpha value is -1.35. The molecule has 16 heavy (non-hydrogen) atoms. The summed E-state index contributed by atoms with van der Waals surface area (Å²) in [6, 6.07) is 4.11. The molecule has 0 fully saturated rings. The molecule has 0 radical (unpaired) electrons. The smallest absolute Gasteiger partial charge is 0.137 e. The Bertz CT molecular complexity index is 485. The predicted molar refractivity (Wildman–Crippen MR) is 66.5 cm³/mol. The second kappa shape index (κ2) is 4.66. The molecule has 0 saturated heterocycles. The molecule has 0 unspecified atom stereocenters. The molecule has 2 N–H and O–H groups in total. The third-order valence-electron chi connectivity index (χ3n) is 2.92. The van der Waals surface area contributed by atoms with Gasteiger partial charge in [-0.05, 0) is 24.5 Å².